The highest BCUT2D eigenvalue weighted by Gasteiger charge is 2.45. The highest BCUT2D eigenvalue weighted by Crippen LogP contribution is 2.39. The van der Waals surface area contributed by atoms with Crippen LogP contribution in [0.1, 0.15) is 50.3 Å². The Balaban J connectivity index is 2.11. The minimum atomic E-state index is -0.627. The Kier molecular flexibility index (Phi) is 4.48. The van der Waals surface area contributed by atoms with E-state index in [4.69, 9.17) is 0 Å². The van der Waals surface area contributed by atoms with Crippen molar-refractivity contribution in [2.24, 2.45) is 5.41 Å². The molecule has 2 unspecified atom stereocenters. The average molecular weight is 275 g/mol. The van der Waals surface area contributed by atoms with Gasteiger partial charge in [0.05, 0.1) is 5.41 Å². The number of aryl methyl sites for hydroxylation is 1. The monoisotopic (exact) mass is 275 g/mol. The Morgan fingerprint density at radius 2 is 2.05 bits per heavy atom. The van der Waals surface area contributed by atoms with Crippen LogP contribution in [0.3, 0.4) is 0 Å². The second-order valence-electron chi connectivity index (χ2n) is 6.14. The summed E-state index contributed by atoms with van der Waals surface area (Å²) >= 11 is 0. The molecule has 0 spiro atoms. The van der Waals surface area contributed by atoms with Crippen molar-refractivity contribution in [1.82, 2.24) is 4.90 Å². The number of carboxylic acids is 1. The molecule has 2 atom stereocenters. The lowest BCUT2D eigenvalue weighted by Gasteiger charge is -2.28. The van der Waals surface area contributed by atoms with Gasteiger partial charge >= 0.3 is 5.97 Å². The van der Waals surface area contributed by atoms with Crippen LogP contribution < -0.4 is 0 Å². The first-order valence-corrected chi connectivity index (χ1v) is 7.52. The van der Waals surface area contributed by atoms with E-state index < -0.39 is 11.4 Å². The number of carboxylic acid groups (broad SMARTS) is 1. The van der Waals surface area contributed by atoms with E-state index in [1.807, 2.05) is 0 Å². The molecule has 1 N–H and O–H groups in total. The van der Waals surface area contributed by atoms with Crippen LogP contribution in [0.5, 0.6) is 0 Å². The molecule has 0 amide bonds. The maximum absolute atomic E-state index is 11.6. The molecule has 0 aromatic heterocycles. The largest absolute Gasteiger partial charge is 0.481 e. The smallest absolute Gasteiger partial charge is 0.310 e. The highest BCUT2D eigenvalue weighted by atomic mass is 16.4. The summed E-state index contributed by atoms with van der Waals surface area (Å²) in [5.41, 5.74) is 2.00. The number of hydrogen-bond acceptors (Lipinski definition) is 2. The molecule has 1 aliphatic heterocycles. The van der Waals surface area contributed by atoms with Crippen LogP contribution in [0.4, 0.5) is 0 Å². The fraction of sp³-hybridized carbons (Fsp3) is 0.588. The van der Waals surface area contributed by atoms with Gasteiger partial charge in [-0.15, -0.1) is 0 Å². The molecular formula is C17H25NO2. The van der Waals surface area contributed by atoms with Crippen LogP contribution in [0.25, 0.3) is 0 Å². The van der Waals surface area contributed by atoms with Crippen molar-refractivity contribution in [3.63, 3.8) is 0 Å². The molecule has 0 saturated carbocycles. The van der Waals surface area contributed by atoms with Crippen molar-refractivity contribution in [1.29, 1.82) is 0 Å². The predicted octanol–water partition coefficient (Wildman–Crippen LogP) is 3.63. The normalized spacial score (nSPS) is 24.8. The van der Waals surface area contributed by atoms with Gasteiger partial charge in [0.15, 0.2) is 0 Å². The van der Waals surface area contributed by atoms with Crippen molar-refractivity contribution in [3.05, 3.63) is 35.4 Å². The third-order valence-electron chi connectivity index (χ3n) is 4.67. The maximum Gasteiger partial charge on any atom is 0.310 e. The van der Waals surface area contributed by atoms with Crippen LogP contribution in [0, 0.1) is 12.3 Å². The zero-order chi connectivity index (χ0) is 14.8. The average Bonchev–Trinajstić information content (AvgIpc) is 2.85. The Hall–Kier alpha value is -1.35. The molecule has 1 aromatic rings. The second-order valence-corrected chi connectivity index (χ2v) is 6.14. The van der Waals surface area contributed by atoms with Crippen molar-refractivity contribution in [3.8, 4) is 0 Å². The van der Waals surface area contributed by atoms with Crippen molar-refractivity contribution < 1.29 is 9.90 Å². The summed E-state index contributed by atoms with van der Waals surface area (Å²) in [5, 5.41) is 9.57. The summed E-state index contributed by atoms with van der Waals surface area (Å²) in [7, 11) is 0. The van der Waals surface area contributed by atoms with Crippen molar-refractivity contribution in [2.75, 3.05) is 13.1 Å². The van der Waals surface area contributed by atoms with E-state index in [-0.39, 0.29) is 6.04 Å². The standard InChI is InChI=1S/C17H25NO2/c1-4-9-17(16(19)20)10-11-18(12-17)14(3)15-7-5-13(2)6-8-15/h5-8,14H,4,9-12H2,1-3H3,(H,19,20). The van der Waals surface area contributed by atoms with E-state index in [0.29, 0.717) is 6.54 Å². The summed E-state index contributed by atoms with van der Waals surface area (Å²) in [6, 6.07) is 8.84. The highest BCUT2D eigenvalue weighted by molar-refractivity contribution is 5.75. The van der Waals surface area contributed by atoms with Gasteiger partial charge in [0, 0.05) is 12.6 Å². The zero-order valence-electron chi connectivity index (χ0n) is 12.7. The summed E-state index contributed by atoms with van der Waals surface area (Å²) < 4.78 is 0. The topological polar surface area (TPSA) is 40.5 Å². The van der Waals surface area contributed by atoms with E-state index in [0.717, 1.165) is 25.8 Å². The SMILES string of the molecule is CCCC1(C(=O)O)CCN(C(C)c2ccc(C)cc2)C1. The lowest BCUT2D eigenvalue weighted by atomic mass is 9.82. The number of likely N-dealkylation sites (tertiary alicyclic amines) is 1. The van der Waals surface area contributed by atoms with Crippen molar-refractivity contribution in [2.45, 2.75) is 46.1 Å². The molecule has 2 rings (SSSR count). The summed E-state index contributed by atoms with van der Waals surface area (Å²) in [6.07, 6.45) is 2.48. The second kappa shape index (κ2) is 5.96. The first-order chi connectivity index (χ1) is 9.48. The number of hydrogen-bond donors (Lipinski definition) is 1. The molecular weight excluding hydrogens is 250 g/mol. The Bertz CT molecular complexity index is 468. The molecule has 1 aromatic carbocycles. The van der Waals surface area contributed by atoms with Gasteiger partial charge in [0.25, 0.3) is 0 Å². The number of nitrogens with zero attached hydrogens (tertiary/aromatic N) is 1. The van der Waals surface area contributed by atoms with Gasteiger partial charge in [-0.3, -0.25) is 9.69 Å². The van der Waals surface area contributed by atoms with Gasteiger partial charge in [-0.25, -0.2) is 0 Å². The summed E-state index contributed by atoms with van der Waals surface area (Å²) in [6.45, 7) is 7.87. The van der Waals surface area contributed by atoms with Gasteiger partial charge in [-0.2, -0.15) is 0 Å². The lowest BCUT2D eigenvalue weighted by Crippen LogP contribution is -2.35. The molecule has 1 aliphatic rings. The van der Waals surface area contributed by atoms with E-state index in [2.05, 4.69) is 49.9 Å². The minimum absolute atomic E-state index is 0.286. The quantitative estimate of drug-likeness (QED) is 0.892. The fourth-order valence-electron chi connectivity index (χ4n) is 3.25. The molecule has 3 heteroatoms. The van der Waals surface area contributed by atoms with Gasteiger partial charge in [0.1, 0.15) is 0 Å². The Labute approximate surface area is 121 Å². The van der Waals surface area contributed by atoms with Crippen LogP contribution >= 0.6 is 0 Å². The van der Waals surface area contributed by atoms with Crippen LogP contribution in [-0.4, -0.2) is 29.1 Å². The Morgan fingerprint density at radius 3 is 2.60 bits per heavy atom. The molecule has 0 radical (unpaired) electrons. The maximum atomic E-state index is 11.6. The third kappa shape index (κ3) is 2.88. The number of carbonyl (C=O) groups is 1. The fourth-order valence-corrected chi connectivity index (χ4v) is 3.25. The third-order valence-corrected chi connectivity index (χ3v) is 4.67. The molecule has 3 nitrogen and oxygen atoms in total. The van der Waals surface area contributed by atoms with E-state index in [9.17, 15) is 9.90 Å². The molecule has 110 valence electrons. The number of aliphatic carboxylic acids is 1. The first-order valence-electron chi connectivity index (χ1n) is 7.52. The number of rotatable bonds is 5. The molecule has 0 bridgehead atoms. The minimum Gasteiger partial charge on any atom is -0.481 e. The molecule has 1 fully saturated rings. The van der Waals surface area contributed by atoms with Gasteiger partial charge in [-0.05, 0) is 38.8 Å². The lowest BCUT2D eigenvalue weighted by molar-refractivity contribution is -0.148. The molecule has 1 heterocycles. The van der Waals surface area contributed by atoms with Crippen LogP contribution in [0.15, 0.2) is 24.3 Å². The van der Waals surface area contributed by atoms with E-state index in [1.54, 1.807) is 0 Å². The van der Waals surface area contributed by atoms with Crippen molar-refractivity contribution >= 4 is 5.97 Å². The van der Waals surface area contributed by atoms with E-state index >= 15 is 0 Å². The Morgan fingerprint density at radius 1 is 1.40 bits per heavy atom. The molecule has 20 heavy (non-hydrogen) atoms. The van der Waals surface area contributed by atoms with E-state index in [1.165, 1.54) is 11.1 Å². The predicted molar refractivity (Wildman–Crippen MR) is 80.8 cm³/mol. The van der Waals surface area contributed by atoms with Gasteiger partial charge in [0.2, 0.25) is 0 Å². The molecule has 1 saturated heterocycles. The summed E-state index contributed by atoms with van der Waals surface area (Å²) in [5.74, 6) is -0.627. The van der Waals surface area contributed by atoms with Gasteiger partial charge < -0.3 is 5.11 Å². The summed E-state index contributed by atoms with van der Waals surface area (Å²) in [4.78, 5) is 14.0. The number of benzene rings is 1. The van der Waals surface area contributed by atoms with Gasteiger partial charge in [-0.1, -0.05) is 43.2 Å². The van der Waals surface area contributed by atoms with Crippen LogP contribution in [-0.2, 0) is 4.79 Å². The molecule has 0 aliphatic carbocycles. The van der Waals surface area contributed by atoms with Crippen LogP contribution in [0.2, 0.25) is 0 Å². The first kappa shape index (κ1) is 15.0. The zero-order valence-corrected chi connectivity index (χ0v) is 12.7.